The van der Waals surface area contributed by atoms with Gasteiger partial charge in [0, 0.05) is 7.05 Å². The average Bonchev–Trinajstić information content (AvgIpc) is 2.97. The maximum Gasteiger partial charge on any atom is 0.253 e. The van der Waals surface area contributed by atoms with Gasteiger partial charge in [0.05, 0.1) is 33.8 Å². The van der Waals surface area contributed by atoms with Gasteiger partial charge in [-0.05, 0) is 45.4 Å². The standard InChI is InChI=1S/C17H24N2O2S/c1-4-15-18-13-8-5-9-14(16(13)22-15)19(3)17(20)12-7-6-10-21-11(12)2/h14H,4-10H2,1-3H3. The van der Waals surface area contributed by atoms with Gasteiger partial charge in [-0.2, -0.15) is 0 Å². The molecule has 4 nitrogen and oxygen atoms in total. The lowest BCUT2D eigenvalue weighted by Crippen LogP contribution is -2.35. The first-order valence-corrected chi connectivity index (χ1v) is 9.01. The molecule has 5 heteroatoms. The second-order valence-electron chi connectivity index (χ2n) is 6.08. The van der Waals surface area contributed by atoms with Crippen LogP contribution in [-0.4, -0.2) is 29.4 Å². The number of aryl methyl sites for hydroxylation is 2. The minimum Gasteiger partial charge on any atom is -0.498 e. The zero-order chi connectivity index (χ0) is 15.7. The minimum absolute atomic E-state index is 0.126. The monoisotopic (exact) mass is 320 g/mol. The van der Waals surface area contributed by atoms with Crippen LogP contribution in [0.2, 0.25) is 0 Å². The number of carbonyl (C=O) groups excluding carboxylic acids is 1. The van der Waals surface area contributed by atoms with Crippen molar-refractivity contribution in [2.24, 2.45) is 0 Å². The lowest BCUT2D eigenvalue weighted by molar-refractivity contribution is -0.129. The number of nitrogens with zero attached hydrogens (tertiary/aromatic N) is 2. The lowest BCUT2D eigenvalue weighted by Gasteiger charge is -2.32. The number of ether oxygens (including phenoxy) is 1. The summed E-state index contributed by atoms with van der Waals surface area (Å²) in [5.41, 5.74) is 2.06. The highest BCUT2D eigenvalue weighted by Gasteiger charge is 2.32. The molecule has 2 aliphatic rings. The molecule has 2 heterocycles. The zero-order valence-electron chi connectivity index (χ0n) is 13.6. The van der Waals surface area contributed by atoms with Crippen LogP contribution in [-0.2, 0) is 22.4 Å². The van der Waals surface area contributed by atoms with Gasteiger partial charge in [0.2, 0.25) is 0 Å². The van der Waals surface area contributed by atoms with Crippen molar-refractivity contribution in [2.45, 2.75) is 58.4 Å². The smallest absolute Gasteiger partial charge is 0.253 e. The van der Waals surface area contributed by atoms with Crippen molar-refractivity contribution in [1.82, 2.24) is 9.88 Å². The first-order chi connectivity index (χ1) is 10.6. The molecule has 0 fully saturated rings. The van der Waals surface area contributed by atoms with Gasteiger partial charge in [0.25, 0.3) is 5.91 Å². The second-order valence-corrected chi connectivity index (χ2v) is 7.20. The van der Waals surface area contributed by atoms with E-state index < -0.39 is 0 Å². The molecule has 1 aromatic rings. The molecule has 120 valence electrons. The Balaban J connectivity index is 1.85. The first-order valence-electron chi connectivity index (χ1n) is 8.20. The fourth-order valence-corrected chi connectivity index (χ4v) is 4.55. The Hall–Kier alpha value is -1.36. The Bertz CT molecular complexity index is 606. The fraction of sp³-hybridized carbons (Fsp3) is 0.647. The molecule has 1 aliphatic heterocycles. The summed E-state index contributed by atoms with van der Waals surface area (Å²) in [5.74, 6) is 0.930. The maximum atomic E-state index is 12.9. The quantitative estimate of drug-likeness (QED) is 0.854. The number of amides is 1. The van der Waals surface area contributed by atoms with E-state index >= 15 is 0 Å². The lowest BCUT2D eigenvalue weighted by atomic mass is 9.95. The molecule has 0 aromatic carbocycles. The predicted molar refractivity (Wildman–Crippen MR) is 87.8 cm³/mol. The first kappa shape index (κ1) is 15.5. The minimum atomic E-state index is 0.126. The molecule has 0 saturated heterocycles. The normalized spacial score (nSPS) is 21.3. The third kappa shape index (κ3) is 2.78. The molecule has 0 radical (unpaired) electrons. The zero-order valence-corrected chi connectivity index (χ0v) is 14.5. The summed E-state index contributed by atoms with van der Waals surface area (Å²) in [4.78, 5) is 20.8. The molecule has 1 aromatic heterocycles. The Morgan fingerprint density at radius 2 is 2.23 bits per heavy atom. The number of carbonyl (C=O) groups is 1. The highest BCUT2D eigenvalue weighted by molar-refractivity contribution is 7.11. The fourth-order valence-electron chi connectivity index (χ4n) is 3.32. The van der Waals surface area contributed by atoms with Crippen LogP contribution in [0.3, 0.4) is 0 Å². The van der Waals surface area contributed by atoms with Crippen LogP contribution >= 0.6 is 11.3 Å². The van der Waals surface area contributed by atoms with Gasteiger partial charge in [0.15, 0.2) is 0 Å². The van der Waals surface area contributed by atoms with Crippen molar-refractivity contribution >= 4 is 17.2 Å². The van der Waals surface area contributed by atoms with E-state index in [0.717, 1.165) is 56.5 Å². The van der Waals surface area contributed by atoms with Crippen LogP contribution in [0.15, 0.2) is 11.3 Å². The third-order valence-corrected chi connectivity index (χ3v) is 5.97. The molecule has 1 unspecified atom stereocenters. The summed E-state index contributed by atoms with van der Waals surface area (Å²) in [7, 11) is 1.93. The molecule has 0 bridgehead atoms. The van der Waals surface area contributed by atoms with Crippen molar-refractivity contribution in [3.8, 4) is 0 Å². The molecule has 0 N–H and O–H groups in total. The van der Waals surface area contributed by atoms with Crippen LogP contribution in [0, 0.1) is 0 Å². The van der Waals surface area contributed by atoms with E-state index in [0.29, 0.717) is 0 Å². The maximum absolute atomic E-state index is 12.9. The molecular formula is C17H24N2O2S. The van der Waals surface area contributed by atoms with Crippen molar-refractivity contribution in [1.29, 1.82) is 0 Å². The Morgan fingerprint density at radius 1 is 1.41 bits per heavy atom. The molecular weight excluding hydrogens is 296 g/mol. The topological polar surface area (TPSA) is 42.4 Å². The van der Waals surface area contributed by atoms with E-state index in [1.165, 1.54) is 15.6 Å². The number of hydrogen-bond acceptors (Lipinski definition) is 4. The van der Waals surface area contributed by atoms with Crippen molar-refractivity contribution in [3.63, 3.8) is 0 Å². The molecule has 3 rings (SSSR count). The summed E-state index contributed by atoms with van der Waals surface area (Å²) in [6.45, 7) is 4.78. The van der Waals surface area contributed by atoms with E-state index in [1.54, 1.807) is 11.3 Å². The summed E-state index contributed by atoms with van der Waals surface area (Å²) >= 11 is 1.78. The molecule has 1 amide bonds. The molecule has 1 aliphatic carbocycles. The number of thiazole rings is 1. The summed E-state index contributed by atoms with van der Waals surface area (Å²) in [6, 6.07) is 0.177. The van der Waals surface area contributed by atoms with E-state index in [9.17, 15) is 4.79 Å². The predicted octanol–water partition coefficient (Wildman–Crippen LogP) is 3.63. The molecule has 0 spiro atoms. The number of aromatic nitrogens is 1. The van der Waals surface area contributed by atoms with Gasteiger partial charge in [-0.15, -0.1) is 11.3 Å². The van der Waals surface area contributed by atoms with Gasteiger partial charge in [-0.1, -0.05) is 6.92 Å². The highest BCUT2D eigenvalue weighted by Crippen LogP contribution is 2.38. The highest BCUT2D eigenvalue weighted by atomic mass is 32.1. The van der Waals surface area contributed by atoms with E-state index in [1.807, 2.05) is 18.9 Å². The second kappa shape index (κ2) is 6.41. The van der Waals surface area contributed by atoms with Crippen LogP contribution in [0.4, 0.5) is 0 Å². The third-order valence-electron chi connectivity index (χ3n) is 4.63. The van der Waals surface area contributed by atoms with E-state index in [-0.39, 0.29) is 11.9 Å². The molecule has 22 heavy (non-hydrogen) atoms. The summed E-state index contributed by atoms with van der Waals surface area (Å²) in [6.07, 6.45) is 5.93. The average molecular weight is 320 g/mol. The summed E-state index contributed by atoms with van der Waals surface area (Å²) < 4.78 is 5.56. The van der Waals surface area contributed by atoms with Crippen LogP contribution < -0.4 is 0 Å². The van der Waals surface area contributed by atoms with E-state index in [4.69, 9.17) is 9.72 Å². The van der Waals surface area contributed by atoms with Crippen molar-refractivity contribution in [3.05, 3.63) is 26.9 Å². The van der Waals surface area contributed by atoms with Gasteiger partial charge in [-0.25, -0.2) is 4.98 Å². The molecule has 0 saturated carbocycles. The Labute approximate surface area is 136 Å². The van der Waals surface area contributed by atoms with Gasteiger partial charge >= 0.3 is 0 Å². The Kier molecular flexibility index (Phi) is 4.52. The van der Waals surface area contributed by atoms with Crippen molar-refractivity contribution < 1.29 is 9.53 Å². The van der Waals surface area contributed by atoms with Crippen LogP contribution in [0.1, 0.15) is 61.2 Å². The number of fused-ring (bicyclic) bond motifs is 1. The number of rotatable bonds is 3. The number of likely N-dealkylation sites (N-methyl/N-ethyl adjacent to an activating group) is 1. The van der Waals surface area contributed by atoms with Crippen LogP contribution in [0.5, 0.6) is 0 Å². The van der Waals surface area contributed by atoms with Crippen LogP contribution in [0.25, 0.3) is 0 Å². The molecule has 1 atom stereocenters. The van der Waals surface area contributed by atoms with Crippen molar-refractivity contribution in [2.75, 3.05) is 13.7 Å². The SMILES string of the molecule is CCc1nc2c(s1)C(N(C)C(=O)C1=C(C)OCCC1)CCC2. The largest absolute Gasteiger partial charge is 0.498 e. The van der Waals surface area contributed by atoms with Gasteiger partial charge in [-0.3, -0.25) is 4.79 Å². The van der Waals surface area contributed by atoms with E-state index in [2.05, 4.69) is 6.92 Å². The number of hydrogen-bond donors (Lipinski definition) is 0. The number of allylic oxidation sites excluding steroid dienone is 1. The van der Waals surface area contributed by atoms with Gasteiger partial charge in [0.1, 0.15) is 5.76 Å². The summed E-state index contributed by atoms with van der Waals surface area (Å²) in [5, 5.41) is 1.19. The Morgan fingerprint density at radius 3 is 2.95 bits per heavy atom. The van der Waals surface area contributed by atoms with Gasteiger partial charge < -0.3 is 9.64 Å².